The van der Waals surface area contributed by atoms with Gasteiger partial charge in [-0.3, -0.25) is 0 Å². The van der Waals surface area contributed by atoms with Crippen LogP contribution in [0.5, 0.6) is 0 Å². The molecule has 0 fully saturated rings. The summed E-state index contributed by atoms with van der Waals surface area (Å²) in [5, 5.41) is 0. The van der Waals surface area contributed by atoms with Crippen LogP contribution in [-0.2, 0) is 0 Å². The van der Waals surface area contributed by atoms with Crippen LogP contribution in [0.15, 0.2) is 0 Å². The zero-order valence-electron chi connectivity index (χ0n) is 5.20. The Morgan fingerprint density at radius 3 is 2.00 bits per heavy atom. The molecule has 0 heterocycles. The molecule has 1 nitrogen and oxygen atoms in total. The minimum absolute atomic E-state index is 0.375. The van der Waals surface area contributed by atoms with Crippen LogP contribution in [-0.4, -0.2) is 12.2 Å². The summed E-state index contributed by atoms with van der Waals surface area (Å²) < 4.78 is 34.2. The first-order valence-electron chi connectivity index (χ1n) is 2.78. The number of nitrogens with two attached hydrogens (primary N) is 1. The first-order valence-corrected chi connectivity index (χ1v) is 2.78. The van der Waals surface area contributed by atoms with E-state index in [-0.39, 0.29) is 0 Å². The van der Waals surface area contributed by atoms with Crippen LogP contribution in [0.4, 0.5) is 13.2 Å². The predicted molar refractivity (Wildman–Crippen MR) is 28.9 cm³/mol. The standard InChI is InChI=1S/C5H10F3N/c1-2-4(9)3-5(6,7)8/h4H,2-3,9H2,1H3/t4-/m1/s1. The van der Waals surface area contributed by atoms with Crippen LogP contribution in [0.3, 0.4) is 0 Å². The molecule has 0 rings (SSSR count). The predicted octanol–water partition coefficient (Wildman–Crippen LogP) is 1.68. The van der Waals surface area contributed by atoms with E-state index in [1.807, 2.05) is 0 Å². The van der Waals surface area contributed by atoms with E-state index in [1.165, 1.54) is 0 Å². The summed E-state index contributed by atoms with van der Waals surface area (Å²) in [5.41, 5.74) is 5.04. The fourth-order valence-electron chi connectivity index (χ4n) is 0.442. The molecular formula is C5H10F3N. The summed E-state index contributed by atoms with van der Waals surface area (Å²) in [5.74, 6) is 0. The van der Waals surface area contributed by atoms with Gasteiger partial charge in [-0.2, -0.15) is 13.2 Å². The van der Waals surface area contributed by atoms with Gasteiger partial charge in [-0.1, -0.05) is 6.92 Å². The van der Waals surface area contributed by atoms with Crippen molar-refractivity contribution in [2.24, 2.45) is 5.73 Å². The van der Waals surface area contributed by atoms with Crippen molar-refractivity contribution >= 4 is 0 Å². The van der Waals surface area contributed by atoms with Crippen molar-refractivity contribution in [2.45, 2.75) is 32.0 Å². The summed E-state index contributed by atoms with van der Waals surface area (Å²) in [6, 6.07) is -0.731. The molecule has 0 saturated heterocycles. The lowest BCUT2D eigenvalue weighted by Crippen LogP contribution is -2.26. The second kappa shape index (κ2) is 3.06. The molecule has 1 atom stereocenters. The van der Waals surface area contributed by atoms with E-state index in [1.54, 1.807) is 6.92 Å². The van der Waals surface area contributed by atoms with E-state index in [0.29, 0.717) is 6.42 Å². The molecule has 0 aromatic carbocycles. The molecule has 0 radical (unpaired) electrons. The summed E-state index contributed by atoms with van der Waals surface area (Å²) in [7, 11) is 0. The van der Waals surface area contributed by atoms with Gasteiger partial charge in [0.1, 0.15) is 0 Å². The average molecular weight is 141 g/mol. The first-order chi connectivity index (χ1) is 3.95. The summed E-state index contributed by atoms with van der Waals surface area (Å²) in [6.45, 7) is 1.64. The molecular weight excluding hydrogens is 131 g/mol. The monoisotopic (exact) mass is 141 g/mol. The van der Waals surface area contributed by atoms with Crippen LogP contribution in [0, 0.1) is 0 Å². The highest BCUT2D eigenvalue weighted by Gasteiger charge is 2.29. The maximum absolute atomic E-state index is 11.4. The van der Waals surface area contributed by atoms with Gasteiger partial charge in [-0.25, -0.2) is 0 Å². The Morgan fingerprint density at radius 1 is 1.44 bits per heavy atom. The van der Waals surface area contributed by atoms with Crippen molar-refractivity contribution in [1.29, 1.82) is 0 Å². The van der Waals surface area contributed by atoms with E-state index in [4.69, 9.17) is 5.73 Å². The molecule has 0 spiro atoms. The lowest BCUT2D eigenvalue weighted by atomic mass is 10.2. The van der Waals surface area contributed by atoms with Crippen LogP contribution >= 0.6 is 0 Å². The van der Waals surface area contributed by atoms with Crippen molar-refractivity contribution in [2.75, 3.05) is 0 Å². The van der Waals surface area contributed by atoms with Gasteiger partial charge in [-0.15, -0.1) is 0 Å². The van der Waals surface area contributed by atoms with Crippen molar-refractivity contribution in [3.8, 4) is 0 Å². The number of hydrogen-bond donors (Lipinski definition) is 1. The Labute approximate surface area is 52.0 Å². The molecule has 0 saturated carbocycles. The number of rotatable bonds is 2. The SMILES string of the molecule is CC[C@@H](N)CC(F)(F)F. The Hall–Kier alpha value is -0.250. The van der Waals surface area contributed by atoms with E-state index in [2.05, 4.69) is 0 Å². The zero-order chi connectivity index (χ0) is 7.49. The van der Waals surface area contributed by atoms with Gasteiger partial charge >= 0.3 is 6.18 Å². The molecule has 0 aliphatic carbocycles. The quantitative estimate of drug-likeness (QED) is 0.622. The molecule has 56 valence electrons. The largest absolute Gasteiger partial charge is 0.390 e. The molecule has 0 aliphatic heterocycles. The van der Waals surface area contributed by atoms with Gasteiger partial charge in [0.2, 0.25) is 0 Å². The maximum atomic E-state index is 11.4. The van der Waals surface area contributed by atoms with E-state index >= 15 is 0 Å². The summed E-state index contributed by atoms with van der Waals surface area (Å²) in [6.07, 6.45) is -4.60. The van der Waals surface area contributed by atoms with Crippen molar-refractivity contribution in [1.82, 2.24) is 0 Å². The Balaban J connectivity index is 3.47. The van der Waals surface area contributed by atoms with Gasteiger partial charge in [0.15, 0.2) is 0 Å². The van der Waals surface area contributed by atoms with Crippen LogP contribution < -0.4 is 5.73 Å². The molecule has 0 unspecified atom stereocenters. The van der Waals surface area contributed by atoms with Crippen molar-refractivity contribution in [3.05, 3.63) is 0 Å². The third-order valence-electron chi connectivity index (χ3n) is 1.02. The third kappa shape index (κ3) is 5.62. The average Bonchev–Trinajstić information content (AvgIpc) is 1.62. The highest BCUT2D eigenvalue weighted by atomic mass is 19.4. The lowest BCUT2D eigenvalue weighted by Gasteiger charge is -2.10. The number of halogens is 3. The third-order valence-corrected chi connectivity index (χ3v) is 1.02. The Morgan fingerprint density at radius 2 is 1.89 bits per heavy atom. The minimum atomic E-state index is -4.10. The molecule has 0 aromatic rings. The summed E-state index contributed by atoms with van der Waals surface area (Å²) >= 11 is 0. The van der Waals surface area contributed by atoms with Gasteiger partial charge in [-0.05, 0) is 6.42 Å². The highest BCUT2D eigenvalue weighted by molar-refractivity contribution is 4.63. The Bertz CT molecular complexity index is 78.8. The first kappa shape index (κ1) is 8.75. The Kier molecular flexibility index (Phi) is 2.97. The summed E-state index contributed by atoms with van der Waals surface area (Å²) in [4.78, 5) is 0. The molecule has 4 heteroatoms. The van der Waals surface area contributed by atoms with Crippen LogP contribution in [0.2, 0.25) is 0 Å². The van der Waals surface area contributed by atoms with Gasteiger partial charge in [0, 0.05) is 6.04 Å². The minimum Gasteiger partial charge on any atom is -0.327 e. The van der Waals surface area contributed by atoms with Crippen molar-refractivity contribution in [3.63, 3.8) is 0 Å². The van der Waals surface area contributed by atoms with Gasteiger partial charge < -0.3 is 5.73 Å². The number of alkyl halides is 3. The topological polar surface area (TPSA) is 26.0 Å². The molecule has 2 N–H and O–H groups in total. The van der Waals surface area contributed by atoms with E-state index < -0.39 is 18.6 Å². The smallest absolute Gasteiger partial charge is 0.327 e. The second-order valence-corrected chi connectivity index (χ2v) is 1.99. The molecule has 0 bridgehead atoms. The maximum Gasteiger partial charge on any atom is 0.390 e. The molecule has 0 amide bonds. The van der Waals surface area contributed by atoms with E-state index in [0.717, 1.165) is 0 Å². The van der Waals surface area contributed by atoms with Crippen molar-refractivity contribution < 1.29 is 13.2 Å². The van der Waals surface area contributed by atoms with Gasteiger partial charge in [0.05, 0.1) is 6.42 Å². The second-order valence-electron chi connectivity index (χ2n) is 1.99. The van der Waals surface area contributed by atoms with Gasteiger partial charge in [0.25, 0.3) is 0 Å². The fraction of sp³-hybridized carbons (Fsp3) is 1.00. The molecule has 9 heavy (non-hydrogen) atoms. The van der Waals surface area contributed by atoms with Crippen LogP contribution in [0.1, 0.15) is 19.8 Å². The highest BCUT2D eigenvalue weighted by Crippen LogP contribution is 2.21. The van der Waals surface area contributed by atoms with E-state index in [9.17, 15) is 13.2 Å². The lowest BCUT2D eigenvalue weighted by molar-refractivity contribution is -0.138. The fourth-order valence-corrected chi connectivity index (χ4v) is 0.442. The zero-order valence-corrected chi connectivity index (χ0v) is 5.20. The number of hydrogen-bond acceptors (Lipinski definition) is 1. The normalized spacial score (nSPS) is 15.7. The van der Waals surface area contributed by atoms with Crippen LogP contribution in [0.25, 0.3) is 0 Å². The molecule has 0 aromatic heterocycles. The molecule has 0 aliphatic rings.